The van der Waals surface area contributed by atoms with Crippen LogP contribution in [-0.4, -0.2) is 42.5 Å². The summed E-state index contributed by atoms with van der Waals surface area (Å²) in [4.78, 5) is 45.8. The minimum atomic E-state index is -0.731. The topological polar surface area (TPSA) is 88.7 Å². The van der Waals surface area contributed by atoms with Crippen LogP contribution in [0.25, 0.3) is 5.69 Å². The molecule has 1 N–H and O–H groups in total. The molecule has 2 atom stereocenters. The molecule has 8 nitrogen and oxygen atoms in total. The van der Waals surface area contributed by atoms with E-state index >= 15 is 0 Å². The Labute approximate surface area is 219 Å². The van der Waals surface area contributed by atoms with Crippen molar-refractivity contribution in [2.45, 2.75) is 51.3 Å². The van der Waals surface area contributed by atoms with E-state index in [4.69, 9.17) is 4.99 Å². The van der Waals surface area contributed by atoms with E-state index in [1.165, 1.54) is 22.9 Å². The van der Waals surface area contributed by atoms with E-state index in [9.17, 15) is 18.8 Å². The number of aromatic nitrogens is 2. The molecule has 194 valence electrons. The van der Waals surface area contributed by atoms with E-state index in [0.29, 0.717) is 16.5 Å². The van der Waals surface area contributed by atoms with Gasteiger partial charge in [-0.1, -0.05) is 55.4 Å². The zero-order valence-electron chi connectivity index (χ0n) is 21.3. The summed E-state index contributed by atoms with van der Waals surface area (Å²) in [7, 11) is 1.79. The van der Waals surface area contributed by atoms with Crippen molar-refractivity contribution >= 4 is 40.1 Å². The van der Waals surface area contributed by atoms with Crippen molar-refractivity contribution in [3.63, 3.8) is 0 Å². The van der Waals surface area contributed by atoms with Crippen LogP contribution in [0.1, 0.15) is 38.8 Å². The Balaban J connectivity index is 1.66. The second-order valence-corrected chi connectivity index (χ2v) is 10.2. The second-order valence-electron chi connectivity index (χ2n) is 8.99. The first-order chi connectivity index (χ1) is 17.7. The van der Waals surface area contributed by atoms with Gasteiger partial charge in [0.2, 0.25) is 11.8 Å². The number of nitrogens with one attached hydrogen (secondary N) is 1. The van der Waals surface area contributed by atoms with Crippen LogP contribution >= 0.6 is 11.8 Å². The molecule has 3 aromatic rings. The summed E-state index contributed by atoms with van der Waals surface area (Å²) < 4.78 is 17.3. The predicted molar refractivity (Wildman–Crippen MR) is 145 cm³/mol. The van der Waals surface area contributed by atoms with Crippen LogP contribution in [0.4, 0.5) is 15.8 Å². The molecule has 0 spiro atoms. The van der Waals surface area contributed by atoms with Crippen LogP contribution in [-0.2, 0) is 16.6 Å². The van der Waals surface area contributed by atoms with Crippen molar-refractivity contribution in [3.05, 3.63) is 76.5 Å². The molecule has 4 rings (SSSR count). The molecule has 1 aliphatic rings. The van der Waals surface area contributed by atoms with Gasteiger partial charge in [-0.2, -0.15) is 0 Å². The summed E-state index contributed by atoms with van der Waals surface area (Å²) in [5.41, 5.74) is 1.37. The highest BCUT2D eigenvalue weighted by Crippen LogP contribution is 2.34. The number of carbonyl (C=O) groups is 2. The van der Waals surface area contributed by atoms with Gasteiger partial charge in [0.25, 0.3) is 5.56 Å². The number of para-hydroxylation sites is 2. The standard InChI is InChI=1S/C27H30FN5O3S/c1-5-11-17(2)32-25(35)22(16-23(34)29-21-15-10-9-14-20(21)28)37-27(32)30-24-18(3)31(4)33(26(24)36)19-12-7-6-8-13-19/h6-10,12-15,17,22H,5,11,16H2,1-4H3,(H,29,34)/t17-,22+/m0/s1. The fourth-order valence-corrected chi connectivity index (χ4v) is 5.59. The molecule has 0 radical (unpaired) electrons. The van der Waals surface area contributed by atoms with Crippen molar-refractivity contribution in [1.29, 1.82) is 0 Å². The third kappa shape index (κ3) is 5.39. The highest BCUT2D eigenvalue weighted by Gasteiger charge is 2.41. The zero-order valence-corrected chi connectivity index (χ0v) is 22.1. The first-order valence-electron chi connectivity index (χ1n) is 12.2. The van der Waals surface area contributed by atoms with Gasteiger partial charge < -0.3 is 5.32 Å². The molecular weight excluding hydrogens is 493 g/mol. The Kier molecular flexibility index (Phi) is 7.97. The lowest BCUT2D eigenvalue weighted by Crippen LogP contribution is -2.40. The second kappa shape index (κ2) is 11.2. The molecule has 0 saturated carbocycles. The lowest BCUT2D eigenvalue weighted by Gasteiger charge is -2.24. The molecule has 0 aliphatic carbocycles. The van der Waals surface area contributed by atoms with E-state index < -0.39 is 17.0 Å². The molecule has 0 bridgehead atoms. The lowest BCUT2D eigenvalue weighted by molar-refractivity contribution is -0.129. The number of hydrogen-bond acceptors (Lipinski definition) is 5. The third-order valence-corrected chi connectivity index (χ3v) is 7.52. The maximum Gasteiger partial charge on any atom is 0.297 e. The molecule has 37 heavy (non-hydrogen) atoms. The van der Waals surface area contributed by atoms with Crippen molar-refractivity contribution in [2.24, 2.45) is 12.0 Å². The van der Waals surface area contributed by atoms with Gasteiger partial charge in [-0.05, 0) is 44.5 Å². The highest BCUT2D eigenvalue weighted by molar-refractivity contribution is 8.15. The number of rotatable bonds is 8. The van der Waals surface area contributed by atoms with Gasteiger partial charge in [0.05, 0.1) is 17.1 Å². The summed E-state index contributed by atoms with van der Waals surface area (Å²) in [5, 5.41) is 2.20. The monoisotopic (exact) mass is 523 g/mol. The number of aliphatic imine (C=N–C) groups is 1. The van der Waals surface area contributed by atoms with Crippen molar-refractivity contribution in [3.8, 4) is 5.69 Å². The van der Waals surface area contributed by atoms with Crippen LogP contribution < -0.4 is 10.9 Å². The van der Waals surface area contributed by atoms with Crippen LogP contribution in [0.3, 0.4) is 0 Å². The van der Waals surface area contributed by atoms with E-state index in [-0.39, 0.29) is 35.3 Å². The average Bonchev–Trinajstić information content (AvgIpc) is 3.28. The molecule has 1 saturated heterocycles. The van der Waals surface area contributed by atoms with Gasteiger partial charge in [-0.3, -0.25) is 24.0 Å². The highest BCUT2D eigenvalue weighted by atomic mass is 32.2. The fourth-order valence-electron chi connectivity index (χ4n) is 4.36. The van der Waals surface area contributed by atoms with Gasteiger partial charge in [-0.15, -0.1) is 0 Å². The molecule has 2 heterocycles. The Morgan fingerprint density at radius 1 is 1.14 bits per heavy atom. The number of benzene rings is 2. The number of amidine groups is 1. The summed E-state index contributed by atoms with van der Waals surface area (Å²) in [6, 6.07) is 15.0. The van der Waals surface area contributed by atoms with Gasteiger partial charge in [0.1, 0.15) is 11.1 Å². The molecule has 1 aliphatic heterocycles. The SMILES string of the molecule is CCC[C@H](C)N1C(=O)[C@@H](CC(=O)Nc2ccccc2F)SC1=Nc1c(C)n(C)n(-c2ccccc2)c1=O. The maximum absolute atomic E-state index is 14.0. The number of nitrogens with zero attached hydrogens (tertiary/aromatic N) is 4. The number of hydrogen-bond donors (Lipinski definition) is 1. The molecule has 2 amide bonds. The molecule has 2 aromatic carbocycles. The van der Waals surface area contributed by atoms with Crippen LogP contribution in [0, 0.1) is 12.7 Å². The van der Waals surface area contributed by atoms with Crippen molar-refractivity contribution in [2.75, 3.05) is 5.32 Å². The van der Waals surface area contributed by atoms with Crippen LogP contribution in [0.2, 0.25) is 0 Å². The molecule has 1 aromatic heterocycles. The fraction of sp³-hybridized carbons (Fsp3) is 0.333. The largest absolute Gasteiger partial charge is 0.324 e. The summed E-state index contributed by atoms with van der Waals surface area (Å²) in [6.07, 6.45) is 1.45. The van der Waals surface area contributed by atoms with Crippen molar-refractivity contribution < 1.29 is 14.0 Å². The number of thioether (sulfide) groups is 1. The Bertz CT molecular complexity index is 1400. The lowest BCUT2D eigenvalue weighted by atomic mass is 10.1. The summed E-state index contributed by atoms with van der Waals surface area (Å²) >= 11 is 1.16. The van der Waals surface area contributed by atoms with Crippen molar-refractivity contribution in [1.82, 2.24) is 14.3 Å². The van der Waals surface area contributed by atoms with Crippen LogP contribution in [0.15, 0.2) is 64.4 Å². The van der Waals surface area contributed by atoms with E-state index in [1.807, 2.05) is 44.2 Å². The quantitative estimate of drug-likeness (QED) is 0.461. The normalized spacial score (nSPS) is 17.4. The van der Waals surface area contributed by atoms with E-state index in [2.05, 4.69) is 5.32 Å². The van der Waals surface area contributed by atoms with E-state index in [0.717, 1.165) is 24.6 Å². The van der Waals surface area contributed by atoms with E-state index in [1.54, 1.807) is 29.6 Å². The minimum absolute atomic E-state index is 0.0643. The number of amides is 2. The van der Waals surface area contributed by atoms with Gasteiger partial charge >= 0.3 is 0 Å². The first kappa shape index (κ1) is 26.4. The van der Waals surface area contributed by atoms with Gasteiger partial charge in [-0.25, -0.2) is 14.1 Å². The van der Waals surface area contributed by atoms with Crippen LogP contribution in [0.5, 0.6) is 0 Å². The smallest absolute Gasteiger partial charge is 0.297 e. The Morgan fingerprint density at radius 3 is 2.49 bits per heavy atom. The average molecular weight is 524 g/mol. The van der Waals surface area contributed by atoms with Gasteiger partial charge in [0, 0.05) is 19.5 Å². The maximum atomic E-state index is 14.0. The predicted octanol–water partition coefficient (Wildman–Crippen LogP) is 4.77. The Hall–Kier alpha value is -3.66. The minimum Gasteiger partial charge on any atom is -0.324 e. The molecule has 0 unspecified atom stereocenters. The number of carbonyl (C=O) groups excluding carboxylic acids is 2. The molecular formula is C27H30FN5O3S. The first-order valence-corrected chi connectivity index (χ1v) is 13.1. The Morgan fingerprint density at radius 2 is 1.81 bits per heavy atom. The van der Waals surface area contributed by atoms with Gasteiger partial charge in [0.15, 0.2) is 10.9 Å². The number of anilines is 1. The summed E-state index contributed by atoms with van der Waals surface area (Å²) in [5.74, 6) is -1.26. The molecule has 10 heteroatoms. The zero-order chi connectivity index (χ0) is 26.7. The molecule has 1 fully saturated rings. The summed E-state index contributed by atoms with van der Waals surface area (Å²) in [6.45, 7) is 5.76. The third-order valence-electron chi connectivity index (χ3n) is 6.36. The number of halogens is 1.